The third kappa shape index (κ3) is 4.93. The van der Waals surface area contributed by atoms with Gasteiger partial charge in [-0.3, -0.25) is 0 Å². The largest absolute Gasteiger partial charge is 0.305 e. The highest BCUT2D eigenvalue weighted by Crippen LogP contribution is 2.04. The molecule has 1 rings (SSSR count). The molecule has 1 saturated heterocycles. The first-order chi connectivity index (χ1) is 6.50. The lowest BCUT2D eigenvalue weighted by Gasteiger charge is -2.16. The predicted octanol–water partition coefficient (Wildman–Crippen LogP) is 0.610. The van der Waals surface area contributed by atoms with Gasteiger partial charge in [0.05, 0.1) is 6.26 Å². The number of nitrogens with zero attached hydrogens (tertiary/aromatic N) is 2. The molecule has 0 amide bonds. The zero-order valence-corrected chi connectivity index (χ0v) is 10.5. The second-order valence-corrected chi connectivity index (χ2v) is 5.30. The Balaban J connectivity index is 0.000000791. The highest BCUT2D eigenvalue weighted by molar-refractivity contribution is 7.88. The van der Waals surface area contributed by atoms with E-state index >= 15 is 0 Å². The summed E-state index contributed by atoms with van der Waals surface area (Å²) in [4.78, 5) is 2.16. The molecular weight excluding hydrogens is 200 g/mol. The molecule has 0 unspecified atom stereocenters. The molecule has 14 heavy (non-hydrogen) atoms. The van der Waals surface area contributed by atoms with Gasteiger partial charge in [-0.25, -0.2) is 12.7 Å². The van der Waals surface area contributed by atoms with E-state index in [2.05, 4.69) is 4.90 Å². The van der Waals surface area contributed by atoms with Crippen LogP contribution in [0.15, 0.2) is 0 Å². The van der Waals surface area contributed by atoms with Gasteiger partial charge < -0.3 is 4.90 Å². The van der Waals surface area contributed by atoms with Crippen LogP contribution in [0, 0.1) is 0 Å². The van der Waals surface area contributed by atoms with E-state index in [0.29, 0.717) is 13.1 Å². The molecule has 0 N–H and O–H groups in total. The predicted molar refractivity (Wildman–Crippen MR) is 59.9 cm³/mol. The van der Waals surface area contributed by atoms with Crippen LogP contribution in [0.2, 0.25) is 0 Å². The molecule has 0 atom stereocenters. The van der Waals surface area contributed by atoms with Crippen molar-refractivity contribution in [2.24, 2.45) is 0 Å². The van der Waals surface area contributed by atoms with Gasteiger partial charge in [0.1, 0.15) is 0 Å². The van der Waals surface area contributed by atoms with Crippen molar-refractivity contribution in [3.8, 4) is 0 Å². The van der Waals surface area contributed by atoms with E-state index in [1.807, 2.05) is 20.9 Å². The molecule has 1 aliphatic heterocycles. The lowest BCUT2D eigenvalue weighted by Crippen LogP contribution is -2.33. The van der Waals surface area contributed by atoms with Gasteiger partial charge in [-0.2, -0.15) is 0 Å². The Kier molecular flexibility index (Phi) is 6.31. The standard InChI is InChI=1S/C7H16N2O2S.C2H6/c1-8-4-3-5-9(7-6-8)12(2,10)11;1-2/h3-7H2,1-2H3;1-2H3. The van der Waals surface area contributed by atoms with Crippen molar-refractivity contribution in [2.45, 2.75) is 20.3 Å². The molecule has 1 heterocycles. The van der Waals surface area contributed by atoms with Gasteiger partial charge in [0.25, 0.3) is 0 Å². The fourth-order valence-electron chi connectivity index (χ4n) is 1.35. The number of hydrogen-bond acceptors (Lipinski definition) is 3. The Bertz CT molecular complexity index is 239. The number of rotatable bonds is 1. The smallest absolute Gasteiger partial charge is 0.211 e. The van der Waals surface area contributed by atoms with Crippen molar-refractivity contribution in [3.05, 3.63) is 0 Å². The summed E-state index contributed by atoms with van der Waals surface area (Å²) in [7, 11) is -0.946. The van der Waals surface area contributed by atoms with Crippen LogP contribution in [0.5, 0.6) is 0 Å². The molecule has 4 nitrogen and oxygen atoms in total. The second-order valence-electron chi connectivity index (χ2n) is 3.32. The van der Waals surface area contributed by atoms with Gasteiger partial charge in [-0.15, -0.1) is 0 Å². The molecule has 1 fully saturated rings. The molecule has 5 heteroatoms. The zero-order chi connectivity index (χ0) is 11.2. The lowest BCUT2D eigenvalue weighted by atomic mass is 10.4. The van der Waals surface area contributed by atoms with Gasteiger partial charge in [-0.05, 0) is 20.0 Å². The van der Waals surface area contributed by atoms with Gasteiger partial charge in [0.2, 0.25) is 10.0 Å². The van der Waals surface area contributed by atoms with Crippen molar-refractivity contribution >= 4 is 10.0 Å². The third-order valence-electron chi connectivity index (χ3n) is 2.15. The summed E-state index contributed by atoms with van der Waals surface area (Å²) in [6.45, 7) is 7.14. The van der Waals surface area contributed by atoms with Crippen LogP contribution >= 0.6 is 0 Å². The molecule has 0 bridgehead atoms. The van der Waals surface area contributed by atoms with Crippen LogP contribution < -0.4 is 0 Å². The molecule has 0 aromatic rings. The van der Waals surface area contributed by atoms with Gasteiger partial charge in [0, 0.05) is 19.6 Å². The fourth-order valence-corrected chi connectivity index (χ4v) is 2.23. The maximum atomic E-state index is 11.2. The van der Waals surface area contributed by atoms with E-state index < -0.39 is 10.0 Å². The van der Waals surface area contributed by atoms with E-state index in [1.54, 1.807) is 4.31 Å². The van der Waals surface area contributed by atoms with Gasteiger partial charge in [0.15, 0.2) is 0 Å². The van der Waals surface area contributed by atoms with E-state index in [-0.39, 0.29) is 0 Å². The van der Waals surface area contributed by atoms with Crippen molar-refractivity contribution < 1.29 is 8.42 Å². The minimum atomic E-state index is -2.97. The van der Waals surface area contributed by atoms with Crippen LogP contribution in [0.4, 0.5) is 0 Å². The zero-order valence-electron chi connectivity index (χ0n) is 9.65. The summed E-state index contributed by atoms with van der Waals surface area (Å²) in [5.74, 6) is 0. The van der Waals surface area contributed by atoms with Crippen LogP contribution in [-0.2, 0) is 10.0 Å². The van der Waals surface area contributed by atoms with Crippen LogP contribution in [0.1, 0.15) is 20.3 Å². The first kappa shape index (κ1) is 13.9. The Labute approximate surface area is 87.9 Å². The Morgan fingerprint density at radius 2 is 1.57 bits per heavy atom. The van der Waals surface area contributed by atoms with Crippen molar-refractivity contribution in [2.75, 3.05) is 39.5 Å². The summed E-state index contributed by atoms with van der Waals surface area (Å²) in [5.41, 5.74) is 0. The van der Waals surface area contributed by atoms with Crippen LogP contribution in [0.25, 0.3) is 0 Å². The molecule has 0 saturated carbocycles. The Morgan fingerprint density at radius 3 is 2.07 bits per heavy atom. The Morgan fingerprint density at radius 1 is 1.00 bits per heavy atom. The average molecular weight is 222 g/mol. The van der Waals surface area contributed by atoms with E-state index in [4.69, 9.17) is 0 Å². The van der Waals surface area contributed by atoms with E-state index in [1.165, 1.54) is 6.26 Å². The summed E-state index contributed by atoms with van der Waals surface area (Å²) < 4.78 is 23.9. The molecule has 0 radical (unpaired) electrons. The average Bonchev–Trinajstić information content (AvgIpc) is 2.32. The van der Waals surface area contributed by atoms with Crippen LogP contribution in [0.3, 0.4) is 0 Å². The Hall–Kier alpha value is -0.130. The minimum absolute atomic E-state index is 0.634. The van der Waals surface area contributed by atoms with E-state index in [0.717, 1.165) is 19.5 Å². The van der Waals surface area contributed by atoms with Gasteiger partial charge >= 0.3 is 0 Å². The molecule has 0 aromatic carbocycles. The topological polar surface area (TPSA) is 40.6 Å². The maximum Gasteiger partial charge on any atom is 0.211 e. The molecular formula is C9H22N2O2S. The normalized spacial score (nSPS) is 20.9. The minimum Gasteiger partial charge on any atom is -0.305 e. The summed E-state index contributed by atoms with van der Waals surface area (Å²) in [6, 6.07) is 0. The first-order valence-electron chi connectivity index (χ1n) is 5.14. The number of likely N-dealkylation sites (N-methyl/N-ethyl adjacent to an activating group) is 1. The molecule has 0 aliphatic carbocycles. The number of hydrogen-bond donors (Lipinski definition) is 0. The monoisotopic (exact) mass is 222 g/mol. The lowest BCUT2D eigenvalue weighted by molar-refractivity contribution is 0.347. The number of sulfonamides is 1. The van der Waals surface area contributed by atoms with Crippen molar-refractivity contribution in [3.63, 3.8) is 0 Å². The fraction of sp³-hybridized carbons (Fsp3) is 1.00. The second kappa shape index (κ2) is 6.37. The summed E-state index contributed by atoms with van der Waals surface area (Å²) >= 11 is 0. The quantitative estimate of drug-likeness (QED) is 0.653. The highest BCUT2D eigenvalue weighted by Gasteiger charge is 2.19. The van der Waals surface area contributed by atoms with Gasteiger partial charge in [-0.1, -0.05) is 13.8 Å². The molecule has 0 aromatic heterocycles. The molecule has 86 valence electrons. The summed E-state index contributed by atoms with van der Waals surface area (Å²) in [6.07, 6.45) is 2.21. The molecule has 1 aliphatic rings. The van der Waals surface area contributed by atoms with E-state index in [9.17, 15) is 8.42 Å². The summed E-state index contributed by atoms with van der Waals surface area (Å²) in [5, 5.41) is 0. The first-order valence-corrected chi connectivity index (χ1v) is 6.98. The highest BCUT2D eigenvalue weighted by atomic mass is 32.2. The SMILES string of the molecule is CC.CN1CCCN(S(C)(=O)=O)CC1. The van der Waals surface area contributed by atoms with Crippen molar-refractivity contribution in [1.29, 1.82) is 0 Å². The molecule has 0 spiro atoms. The maximum absolute atomic E-state index is 11.2. The van der Waals surface area contributed by atoms with Crippen molar-refractivity contribution in [1.82, 2.24) is 9.21 Å². The van der Waals surface area contributed by atoms with Crippen LogP contribution in [-0.4, -0.2) is 57.1 Å². The third-order valence-corrected chi connectivity index (χ3v) is 3.45.